The molecule has 182 valence electrons. The lowest BCUT2D eigenvalue weighted by atomic mass is 9.75. The van der Waals surface area contributed by atoms with E-state index in [4.69, 9.17) is 9.47 Å². The summed E-state index contributed by atoms with van der Waals surface area (Å²) in [6.07, 6.45) is 2.80. The van der Waals surface area contributed by atoms with E-state index in [0.29, 0.717) is 23.4 Å². The molecule has 1 aliphatic carbocycles. The summed E-state index contributed by atoms with van der Waals surface area (Å²) in [5, 5.41) is 2.75. The third kappa shape index (κ3) is 6.46. The van der Waals surface area contributed by atoms with Gasteiger partial charge in [-0.1, -0.05) is 57.0 Å². The molecular weight excluding hydrogens is 430 g/mol. The van der Waals surface area contributed by atoms with E-state index in [1.165, 1.54) is 6.07 Å². The van der Waals surface area contributed by atoms with Crippen molar-refractivity contribution in [2.75, 3.05) is 11.9 Å². The van der Waals surface area contributed by atoms with Gasteiger partial charge in [-0.05, 0) is 68.2 Å². The molecule has 1 amide bonds. The van der Waals surface area contributed by atoms with Gasteiger partial charge in [-0.15, -0.1) is 0 Å². The van der Waals surface area contributed by atoms with Crippen LogP contribution in [-0.2, 0) is 14.3 Å². The van der Waals surface area contributed by atoms with Crippen molar-refractivity contribution >= 4 is 23.5 Å². The van der Waals surface area contributed by atoms with Gasteiger partial charge in [0, 0.05) is 5.69 Å². The molecule has 0 radical (unpaired) electrons. The highest BCUT2D eigenvalue weighted by atomic mass is 16.5. The standard InChI is InChI=1S/C28H35NO5/c1-17(2)21-12-10-19(4)15-25(21)34-28(32)23-9-7-6-8-22(23)27(31)33-16-26(30)29-24-13-11-18(3)14-20(24)5/h6-9,11,13-14,17,19,21,25H,10,12,15-16H2,1-5H3,(H,29,30)/t19-,21+,25+/m0/s1. The summed E-state index contributed by atoms with van der Waals surface area (Å²) < 4.78 is 11.1. The summed E-state index contributed by atoms with van der Waals surface area (Å²) in [4.78, 5) is 38.1. The lowest BCUT2D eigenvalue weighted by molar-refractivity contribution is -0.119. The smallest absolute Gasteiger partial charge is 0.339 e. The number of amides is 1. The Hall–Kier alpha value is -3.15. The summed E-state index contributed by atoms with van der Waals surface area (Å²) in [5.74, 6) is -0.521. The number of nitrogens with one attached hydrogen (secondary N) is 1. The Kier molecular flexibility index (Phi) is 8.48. The molecule has 1 fully saturated rings. The van der Waals surface area contributed by atoms with Gasteiger partial charge < -0.3 is 14.8 Å². The van der Waals surface area contributed by atoms with Crippen molar-refractivity contribution in [2.24, 2.45) is 17.8 Å². The monoisotopic (exact) mass is 465 g/mol. The van der Waals surface area contributed by atoms with Crippen molar-refractivity contribution in [3.63, 3.8) is 0 Å². The maximum Gasteiger partial charge on any atom is 0.339 e. The predicted molar refractivity (Wildman–Crippen MR) is 132 cm³/mol. The highest BCUT2D eigenvalue weighted by Crippen LogP contribution is 2.35. The zero-order chi connectivity index (χ0) is 24.8. The van der Waals surface area contributed by atoms with Crippen LogP contribution >= 0.6 is 0 Å². The number of benzene rings is 2. The molecule has 1 saturated carbocycles. The Morgan fingerprint density at radius 3 is 2.32 bits per heavy atom. The normalized spacial score (nSPS) is 20.0. The topological polar surface area (TPSA) is 81.7 Å². The first-order valence-corrected chi connectivity index (χ1v) is 12.0. The first kappa shape index (κ1) is 25.5. The molecule has 0 unspecified atom stereocenters. The molecule has 0 bridgehead atoms. The van der Waals surface area contributed by atoms with Crippen LogP contribution in [0.4, 0.5) is 5.69 Å². The largest absolute Gasteiger partial charge is 0.458 e. The van der Waals surface area contributed by atoms with Gasteiger partial charge in [0.2, 0.25) is 0 Å². The second-order valence-electron chi connectivity index (χ2n) is 9.76. The summed E-state index contributed by atoms with van der Waals surface area (Å²) in [6.45, 7) is 9.89. The van der Waals surface area contributed by atoms with E-state index in [9.17, 15) is 14.4 Å². The van der Waals surface area contributed by atoms with Gasteiger partial charge >= 0.3 is 11.9 Å². The lowest BCUT2D eigenvalue weighted by Crippen LogP contribution is -2.36. The van der Waals surface area contributed by atoms with Crippen molar-refractivity contribution < 1.29 is 23.9 Å². The first-order chi connectivity index (χ1) is 16.2. The van der Waals surface area contributed by atoms with E-state index < -0.39 is 24.5 Å². The Morgan fingerprint density at radius 1 is 1.00 bits per heavy atom. The zero-order valence-corrected chi connectivity index (χ0v) is 20.7. The molecule has 3 rings (SSSR count). The van der Waals surface area contributed by atoms with Gasteiger partial charge in [0.1, 0.15) is 6.10 Å². The minimum Gasteiger partial charge on any atom is -0.458 e. The molecular formula is C28H35NO5. The number of aryl methyl sites for hydroxylation is 2. The number of hydrogen-bond acceptors (Lipinski definition) is 5. The quantitative estimate of drug-likeness (QED) is 0.529. The van der Waals surface area contributed by atoms with Crippen LogP contribution in [0.2, 0.25) is 0 Å². The second-order valence-corrected chi connectivity index (χ2v) is 9.76. The molecule has 1 aliphatic rings. The average molecular weight is 466 g/mol. The zero-order valence-electron chi connectivity index (χ0n) is 20.7. The summed E-state index contributed by atoms with van der Waals surface area (Å²) in [6, 6.07) is 12.1. The van der Waals surface area contributed by atoms with Crippen LogP contribution in [0.25, 0.3) is 0 Å². The number of carbonyl (C=O) groups excluding carboxylic acids is 3. The highest BCUT2D eigenvalue weighted by Gasteiger charge is 2.34. The van der Waals surface area contributed by atoms with E-state index >= 15 is 0 Å². The predicted octanol–water partition coefficient (Wildman–Crippen LogP) is 5.72. The van der Waals surface area contributed by atoms with Crippen LogP contribution in [0.3, 0.4) is 0 Å². The van der Waals surface area contributed by atoms with Crippen molar-refractivity contribution in [2.45, 2.75) is 60.0 Å². The van der Waals surface area contributed by atoms with Crippen molar-refractivity contribution in [3.05, 3.63) is 64.7 Å². The molecule has 2 aromatic carbocycles. The molecule has 0 aliphatic heterocycles. The molecule has 3 atom stereocenters. The van der Waals surface area contributed by atoms with E-state index in [1.807, 2.05) is 32.0 Å². The molecule has 34 heavy (non-hydrogen) atoms. The summed E-state index contributed by atoms with van der Waals surface area (Å²) >= 11 is 0. The minimum absolute atomic E-state index is 0.0942. The Morgan fingerprint density at radius 2 is 1.68 bits per heavy atom. The van der Waals surface area contributed by atoms with Gasteiger partial charge in [0.15, 0.2) is 6.61 Å². The van der Waals surface area contributed by atoms with E-state index in [2.05, 4.69) is 26.1 Å². The maximum atomic E-state index is 13.0. The first-order valence-electron chi connectivity index (χ1n) is 12.0. The Bertz CT molecular complexity index is 1040. The van der Waals surface area contributed by atoms with Crippen LogP contribution < -0.4 is 5.32 Å². The Labute approximate surface area is 202 Å². The summed E-state index contributed by atoms with van der Waals surface area (Å²) in [5.41, 5.74) is 2.93. The van der Waals surface area contributed by atoms with Gasteiger partial charge in [0.25, 0.3) is 5.91 Å². The maximum absolute atomic E-state index is 13.0. The number of rotatable bonds is 7. The van der Waals surface area contributed by atoms with Crippen LogP contribution in [-0.4, -0.2) is 30.6 Å². The van der Waals surface area contributed by atoms with Gasteiger partial charge in [-0.25, -0.2) is 9.59 Å². The average Bonchev–Trinajstić information content (AvgIpc) is 2.79. The fourth-order valence-corrected chi connectivity index (χ4v) is 4.64. The van der Waals surface area contributed by atoms with Crippen molar-refractivity contribution in [1.82, 2.24) is 0 Å². The third-order valence-corrected chi connectivity index (χ3v) is 6.58. The lowest BCUT2D eigenvalue weighted by Gasteiger charge is -2.36. The molecule has 1 N–H and O–H groups in total. The fourth-order valence-electron chi connectivity index (χ4n) is 4.64. The minimum atomic E-state index is -0.735. The highest BCUT2D eigenvalue weighted by molar-refractivity contribution is 6.04. The fraction of sp³-hybridized carbons (Fsp3) is 0.464. The van der Waals surface area contributed by atoms with Crippen molar-refractivity contribution in [1.29, 1.82) is 0 Å². The third-order valence-electron chi connectivity index (χ3n) is 6.58. The molecule has 6 heteroatoms. The second kappa shape index (κ2) is 11.3. The molecule has 0 aromatic heterocycles. The molecule has 2 aromatic rings. The molecule has 0 saturated heterocycles. The van der Waals surface area contributed by atoms with Crippen molar-refractivity contribution in [3.8, 4) is 0 Å². The van der Waals surface area contributed by atoms with Gasteiger partial charge in [-0.3, -0.25) is 4.79 Å². The van der Waals surface area contributed by atoms with Crippen LogP contribution in [0.1, 0.15) is 71.9 Å². The SMILES string of the molecule is Cc1ccc(NC(=O)COC(=O)c2ccccc2C(=O)O[C@@H]2C[C@@H](C)CC[C@@H]2C(C)C)c(C)c1. The van der Waals surface area contributed by atoms with Gasteiger partial charge in [-0.2, -0.15) is 0 Å². The van der Waals surface area contributed by atoms with Crippen LogP contribution in [0.5, 0.6) is 0 Å². The molecule has 0 spiro atoms. The molecule has 6 nitrogen and oxygen atoms in total. The van der Waals surface area contributed by atoms with Crippen LogP contribution in [0, 0.1) is 31.6 Å². The number of anilines is 1. The van der Waals surface area contributed by atoms with E-state index in [-0.39, 0.29) is 17.2 Å². The van der Waals surface area contributed by atoms with E-state index in [1.54, 1.807) is 18.2 Å². The van der Waals surface area contributed by atoms with Crippen LogP contribution in [0.15, 0.2) is 42.5 Å². The van der Waals surface area contributed by atoms with E-state index in [0.717, 1.165) is 30.4 Å². The molecule has 0 heterocycles. The number of esters is 2. The number of carbonyl (C=O) groups is 3. The number of ether oxygens (including phenoxy) is 2. The summed E-state index contributed by atoms with van der Waals surface area (Å²) in [7, 11) is 0. The Balaban J connectivity index is 1.65. The van der Waals surface area contributed by atoms with Gasteiger partial charge in [0.05, 0.1) is 11.1 Å². The number of hydrogen-bond donors (Lipinski definition) is 1.